The Morgan fingerprint density at radius 1 is 0.947 bits per heavy atom. The molecule has 0 unspecified atom stereocenters. The summed E-state index contributed by atoms with van der Waals surface area (Å²) in [7, 11) is 0. The second-order valence-corrected chi connectivity index (χ2v) is 10.6. The third-order valence-corrected chi connectivity index (χ3v) is 7.91. The Hall–Kier alpha value is -3.00. The molecule has 2 aliphatic heterocycles. The van der Waals surface area contributed by atoms with Gasteiger partial charge in [0, 0.05) is 40.3 Å². The number of nitrogens with zero attached hydrogens (tertiary/aromatic N) is 3. The summed E-state index contributed by atoms with van der Waals surface area (Å²) in [6.45, 7) is 4.32. The van der Waals surface area contributed by atoms with Crippen molar-refractivity contribution in [2.24, 2.45) is 0 Å². The molecule has 1 aromatic heterocycles. The van der Waals surface area contributed by atoms with Crippen LogP contribution in [-0.2, 0) is 11.4 Å². The number of amides is 1. The third kappa shape index (κ3) is 6.34. The van der Waals surface area contributed by atoms with Gasteiger partial charge >= 0.3 is 0 Å². The molecule has 0 aliphatic carbocycles. The number of anilines is 1. The number of aromatic nitrogens is 1. The number of rotatable bonds is 9. The third-order valence-electron chi connectivity index (χ3n) is 7.20. The van der Waals surface area contributed by atoms with Gasteiger partial charge in [0.1, 0.15) is 12.4 Å². The summed E-state index contributed by atoms with van der Waals surface area (Å²) in [5.41, 5.74) is 8.43. The van der Waals surface area contributed by atoms with Crippen molar-refractivity contribution < 1.29 is 14.3 Å². The Morgan fingerprint density at radius 2 is 1.68 bits per heavy atom. The number of benzene rings is 2. The van der Waals surface area contributed by atoms with E-state index >= 15 is 0 Å². The number of pyridine rings is 1. The molecule has 9 heteroatoms. The minimum Gasteiger partial charge on any atom is -0.485 e. The van der Waals surface area contributed by atoms with Crippen LogP contribution in [0.1, 0.15) is 31.2 Å². The van der Waals surface area contributed by atoms with Crippen molar-refractivity contribution in [2.45, 2.75) is 38.3 Å². The highest BCUT2D eigenvalue weighted by molar-refractivity contribution is 6.35. The van der Waals surface area contributed by atoms with Crippen molar-refractivity contribution >= 4 is 34.9 Å². The van der Waals surface area contributed by atoms with E-state index in [1.54, 1.807) is 24.3 Å². The molecule has 2 aromatic carbocycles. The van der Waals surface area contributed by atoms with Gasteiger partial charge in [-0.2, -0.15) is 0 Å². The van der Waals surface area contributed by atoms with E-state index in [9.17, 15) is 4.79 Å². The fraction of sp³-hybridized carbons (Fsp3) is 0.379. The Balaban J connectivity index is 1.15. The van der Waals surface area contributed by atoms with Crippen molar-refractivity contribution in [3.05, 3.63) is 70.2 Å². The van der Waals surface area contributed by atoms with Crippen LogP contribution in [-0.4, -0.2) is 59.5 Å². The number of ether oxygens (including phenoxy) is 2. The lowest BCUT2D eigenvalue weighted by Gasteiger charge is -2.28. The SMILES string of the molecule is Nc1nc(-c2ccc(OCC(=O)N3CCC[C@@H]3CN3CCCC3)cc2)ccc1OCc1c(Cl)cccc1Cl. The van der Waals surface area contributed by atoms with Gasteiger partial charge in [0.05, 0.1) is 5.69 Å². The molecule has 38 heavy (non-hydrogen) atoms. The maximum Gasteiger partial charge on any atom is 0.260 e. The first-order chi connectivity index (χ1) is 18.5. The van der Waals surface area contributed by atoms with Crippen molar-refractivity contribution in [1.29, 1.82) is 0 Å². The zero-order valence-electron chi connectivity index (χ0n) is 21.2. The van der Waals surface area contributed by atoms with Gasteiger partial charge in [-0.3, -0.25) is 4.79 Å². The predicted molar refractivity (Wildman–Crippen MR) is 151 cm³/mol. The number of likely N-dealkylation sites (tertiary alicyclic amines) is 2. The minimum atomic E-state index is 0.0442. The number of halogens is 2. The molecule has 2 aliphatic rings. The lowest BCUT2D eigenvalue weighted by atomic mass is 10.1. The van der Waals surface area contributed by atoms with Crippen LogP contribution >= 0.6 is 23.2 Å². The number of nitrogens with two attached hydrogens (primary N) is 1. The summed E-state index contributed by atoms with van der Waals surface area (Å²) in [5.74, 6) is 1.42. The van der Waals surface area contributed by atoms with E-state index in [1.165, 1.54) is 12.8 Å². The Labute approximate surface area is 233 Å². The smallest absolute Gasteiger partial charge is 0.260 e. The van der Waals surface area contributed by atoms with Crippen LogP contribution in [0, 0.1) is 0 Å². The molecule has 2 N–H and O–H groups in total. The highest BCUT2D eigenvalue weighted by Crippen LogP contribution is 2.30. The Kier molecular flexibility index (Phi) is 8.57. The molecule has 200 valence electrons. The van der Waals surface area contributed by atoms with E-state index in [1.807, 2.05) is 35.2 Å². The molecule has 0 spiro atoms. The maximum absolute atomic E-state index is 12.9. The molecule has 2 saturated heterocycles. The van der Waals surface area contributed by atoms with Crippen LogP contribution < -0.4 is 15.2 Å². The van der Waals surface area contributed by atoms with Gasteiger partial charge in [0.25, 0.3) is 5.91 Å². The summed E-state index contributed by atoms with van der Waals surface area (Å²) in [6.07, 6.45) is 4.66. The predicted octanol–water partition coefficient (Wildman–Crippen LogP) is 5.68. The van der Waals surface area contributed by atoms with Gasteiger partial charge in [-0.25, -0.2) is 4.98 Å². The van der Waals surface area contributed by atoms with Gasteiger partial charge in [-0.15, -0.1) is 0 Å². The molecule has 0 bridgehead atoms. The van der Waals surface area contributed by atoms with Gasteiger partial charge in [0.2, 0.25) is 0 Å². The number of carbonyl (C=O) groups is 1. The molecule has 3 aromatic rings. The highest BCUT2D eigenvalue weighted by atomic mass is 35.5. The Morgan fingerprint density at radius 3 is 2.39 bits per heavy atom. The summed E-state index contributed by atoms with van der Waals surface area (Å²) in [6, 6.07) is 16.7. The second kappa shape index (κ2) is 12.2. The maximum atomic E-state index is 12.9. The van der Waals surface area contributed by atoms with Crippen LogP contribution in [0.25, 0.3) is 11.3 Å². The van der Waals surface area contributed by atoms with E-state index in [0.717, 1.165) is 44.6 Å². The molecule has 1 atom stereocenters. The first-order valence-corrected chi connectivity index (χ1v) is 13.8. The first-order valence-electron chi connectivity index (χ1n) is 13.0. The molecule has 1 amide bonds. The standard InChI is InChI=1S/C29H32Cl2N4O3/c30-24-6-3-7-25(31)23(24)18-38-27-13-12-26(33-29(27)32)20-8-10-22(11-9-20)37-19-28(36)35-16-4-5-21(35)17-34-14-1-2-15-34/h3,6-13,21H,1-2,4-5,14-19H2,(H2,32,33)/t21-/m1/s1. The Bertz CT molecular complexity index is 1240. The molecule has 2 fully saturated rings. The van der Waals surface area contributed by atoms with E-state index in [2.05, 4.69) is 9.88 Å². The monoisotopic (exact) mass is 554 g/mol. The summed E-state index contributed by atoms with van der Waals surface area (Å²) in [5, 5.41) is 1.07. The molecule has 0 saturated carbocycles. The highest BCUT2D eigenvalue weighted by Gasteiger charge is 2.30. The van der Waals surface area contributed by atoms with Crippen LogP contribution in [0.15, 0.2) is 54.6 Å². The number of hydrogen-bond donors (Lipinski definition) is 1. The zero-order valence-corrected chi connectivity index (χ0v) is 22.8. The van der Waals surface area contributed by atoms with E-state index < -0.39 is 0 Å². The summed E-state index contributed by atoms with van der Waals surface area (Å²) in [4.78, 5) is 21.8. The van der Waals surface area contributed by atoms with Crippen molar-refractivity contribution in [1.82, 2.24) is 14.8 Å². The van der Waals surface area contributed by atoms with Crippen LogP contribution in [0.5, 0.6) is 11.5 Å². The zero-order chi connectivity index (χ0) is 26.5. The second-order valence-electron chi connectivity index (χ2n) is 9.77. The number of carbonyl (C=O) groups excluding carboxylic acids is 1. The minimum absolute atomic E-state index is 0.0442. The lowest BCUT2D eigenvalue weighted by molar-refractivity contribution is -0.134. The quantitative estimate of drug-likeness (QED) is 0.366. The number of nitrogen functional groups attached to an aromatic ring is 1. The normalized spacial score (nSPS) is 17.6. The molecular weight excluding hydrogens is 523 g/mol. The average molecular weight is 556 g/mol. The topological polar surface area (TPSA) is 80.9 Å². The van der Waals surface area contributed by atoms with Gasteiger partial charge in [0.15, 0.2) is 18.2 Å². The van der Waals surface area contributed by atoms with Crippen molar-refractivity contribution in [3.63, 3.8) is 0 Å². The first kappa shape index (κ1) is 26.6. The van der Waals surface area contributed by atoms with E-state index in [-0.39, 0.29) is 24.9 Å². The van der Waals surface area contributed by atoms with Gasteiger partial charge < -0.3 is 25.0 Å². The molecule has 7 nitrogen and oxygen atoms in total. The summed E-state index contributed by atoms with van der Waals surface area (Å²) < 4.78 is 11.7. The van der Waals surface area contributed by atoms with Gasteiger partial charge in [-0.05, 0) is 87.3 Å². The molecule has 0 radical (unpaired) electrons. The largest absolute Gasteiger partial charge is 0.485 e. The fourth-order valence-corrected chi connectivity index (χ4v) is 5.64. The van der Waals surface area contributed by atoms with Crippen molar-refractivity contribution in [3.8, 4) is 22.8 Å². The molecule has 5 rings (SSSR count). The summed E-state index contributed by atoms with van der Waals surface area (Å²) >= 11 is 12.4. The number of hydrogen-bond acceptors (Lipinski definition) is 6. The van der Waals surface area contributed by atoms with Crippen molar-refractivity contribution in [2.75, 3.05) is 38.5 Å². The van der Waals surface area contributed by atoms with Crippen LogP contribution in [0.3, 0.4) is 0 Å². The lowest BCUT2D eigenvalue weighted by Crippen LogP contribution is -2.44. The van der Waals surface area contributed by atoms with Crippen LogP contribution in [0.2, 0.25) is 10.0 Å². The molecular formula is C29H32Cl2N4O3. The average Bonchev–Trinajstić information content (AvgIpc) is 3.61. The molecule has 3 heterocycles. The van der Waals surface area contributed by atoms with Crippen LogP contribution in [0.4, 0.5) is 5.82 Å². The van der Waals surface area contributed by atoms with Gasteiger partial charge in [-0.1, -0.05) is 29.3 Å². The van der Waals surface area contributed by atoms with E-state index in [4.69, 9.17) is 38.4 Å². The van der Waals surface area contributed by atoms with E-state index in [0.29, 0.717) is 38.8 Å². The fourth-order valence-electron chi connectivity index (χ4n) is 5.13.